The molecular weight excluding hydrogens is 444 g/mol. The summed E-state index contributed by atoms with van der Waals surface area (Å²) in [5.41, 5.74) is 2.79. The number of hydrogen-bond donors (Lipinski definition) is 2. The van der Waals surface area contributed by atoms with Crippen LogP contribution in [0.1, 0.15) is 42.4 Å². The standard InChI is InChI=1S/C26H32N6OS/c1-18-6-5-12-31(16-18)23-14-24(32-13-11-20-7-3-4-8-21(20)17-32)29-25(28-23)30-26(34)27-15-22-10-9-19(2)33-22/h3-4,7-10,14,18H,5-6,11-13,15-17H2,1-2H3,(H2,27,28,29,30,34)/t18-/m1/s1. The number of nitrogens with one attached hydrogen (secondary N) is 2. The Bertz CT molecular complexity index is 1160. The van der Waals surface area contributed by atoms with Gasteiger partial charge >= 0.3 is 0 Å². The van der Waals surface area contributed by atoms with Gasteiger partial charge in [0.15, 0.2) is 5.11 Å². The molecular formula is C26H32N6OS. The molecule has 0 radical (unpaired) electrons. The van der Waals surface area contributed by atoms with E-state index < -0.39 is 0 Å². The summed E-state index contributed by atoms with van der Waals surface area (Å²) in [6.45, 7) is 8.57. The molecule has 1 atom stereocenters. The van der Waals surface area contributed by atoms with E-state index in [1.54, 1.807) is 0 Å². The fraction of sp³-hybridized carbons (Fsp3) is 0.423. The van der Waals surface area contributed by atoms with E-state index >= 15 is 0 Å². The number of rotatable bonds is 5. The number of anilines is 3. The Morgan fingerprint density at radius 3 is 2.65 bits per heavy atom. The first kappa shape index (κ1) is 22.7. The SMILES string of the molecule is Cc1ccc(CNC(=S)Nc2nc(N3CCc4ccccc4C3)cc(N3CCC[C@@H](C)C3)n2)o1. The lowest BCUT2D eigenvalue weighted by atomic mass is 10.00. The van der Waals surface area contributed by atoms with Crippen molar-refractivity contribution in [1.82, 2.24) is 15.3 Å². The van der Waals surface area contributed by atoms with Crippen LogP contribution in [0.15, 0.2) is 46.9 Å². The van der Waals surface area contributed by atoms with Gasteiger partial charge in [-0.1, -0.05) is 31.2 Å². The highest BCUT2D eigenvalue weighted by molar-refractivity contribution is 7.80. The zero-order chi connectivity index (χ0) is 23.5. The highest BCUT2D eigenvalue weighted by Gasteiger charge is 2.23. The third-order valence-electron chi connectivity index (χ3n) is 6.58. The average molecular weight is 477 g/mol. The number of aryl methyl sites for hydroxylation is 1. The van der Waals surface area contributed by atoms with Gasteiger partial charge in [0.2, 0.25) is 5.95 Å². The maximum atomic E-state index is 5.63. The molecule has 4 heterocycles. The van der Waals surface area contributed by atoms with Crippen LogP contribution in [0.4, 0.5) is 17.6 Å². The predicted molar refractivity (Wildman–Crippen MR) is 140 cm³/mol. The maximum Gasteiger partial charge on any atom is 0.232 e. The number of aromatic nitrogens is 2. The van der Waals surface area contributed by atoms with Crippen LogP contribution in [0.2, 0.25) is 0 Å². The Morgan fingerprint density at radius 2 is 1.88 bits per heavy atom. The summed E-state index contributed by atoms with van der Waals surface area (Å²) < 4.78 is 5.63. The van der Waals surface area contributed by atoms with Crippen molar-refractivity contribution in [3.8, 4) is 0 Å². The van der Waals surface area contributed by atoms with Gasteiger partial charge in [-0.25, -0.2) is 0 Å². The molecule has 0 spiro atoms. The number of furan rings is 1. The highest BCUT2D eigenvalue weighted by Crippen LogP contribution is 2.29. The van der Waals surface area contributed by atoms with Crippen molar-refractivity contribution < 1.29 is 4.42 Å². The summed E-state index contributed by atoms with van der Waals surface area (Å²) in [5.74, 6) is 4.80. The molecule has 2 aromatic heterocycles. The van der Waals surface area contributed by atoms with Gasteiger partial charge in [0.25, 0.3) is 0 Å². The number of hydrogen-bond acceptors (Lipinski definition) is 6. The number of benzene rings is 1. The Labute approximate surface area is 206 Å². The van der Waals surface area contributed by atoms with Crippen LogP contribution < -0.4 is 20.4 Å². The van der Waals surface area contributed by atoms with Crippen molar-refractivity contribution in [2.45, 2.75) is 46.2 Å². The molecule has 0 unspecified atom stereocenters. The van der Waals surface area contributed by atoms with Crippen LogP contribution in [-0.2, 0) is 19.5 Å². The van der Waals surface area contributed by atoms with Crippen LogP contribution >= 0.6 is 12.2 Å². The molecule has 5 rings (SSSR count). The molecule has 34 heavy (non-hydrogen) atoms. The lowest BCUT2D eigenvalue weighted by Gasteiger charge is -2.34. The summed E-state index contributed by atoms with van der Waals surface area (Å²) in [5, 5.41) is 6.89. The van der Waals surface area contributed by atoms with E-state index in [1.807, 2.05) is 19.1 Å². The summed E-state index contributed by atoms with van der Waals surface area (Å²) in [7, 11) is 0. The van der Waals surface area contributed by atoms with Gasteiger partial charge in [0.05, 0.1) is 6.54 Å². The van der Waals surface area contributed by atoms with Crippen LogP contribution in [-0.4, -0.2) is 34.7 Å². The van der Waals surface area contributed by atoms with Gasteiger partial charge in [0, 0.05) is 32.2 Å². The van der Waals surface area contributed by atoms with E-state index in [-0.39, 0.29) is 0 Å². The second-order valence-corrected chi connectivity index (χ2v) is 9.77. The molecule has 2 aliphatic rings. The fourth-order valence-corrected chi connectivity index (χ4v) is 4.95. The number of nitrogens with zero attached hydrogens (tertiary/aromatic N) is 4. The number of thiocarbonyl (C=S) groups is 1. The molecule has 8 heteroatoms. The van der Waals surface area contributed by atoms with Crippen LogP contribution in [0.25, 0.3) is 0 Å². The van der Waals surface area contributed by atoms with Gasteiger partial charge in [-0.3, -0.25) is 0 Å². The molecule has 0 amide bonds. The second kappa shape index (κ2) is 10.0. The first-order chi connectivity index (χ1) is 16.5. The predicted octanol–water partition coefficient (Wildman–Crippen LogP) is 4.66. The van der Waals surface area contributed by atoms with E-state index in [2.05, 4.69) is 57.7 Å². The molecule has 178 valence electrons. The Balaban J connectivity index is 1.36. The topological polar surface area (TPSA) is 69.5 Å². The minimum Gasteiger partial charge on any atom is -0.465 e. The molecule has 0 aliphatic carbocycles. The van der Waals surface area contributed by atoms with Crippen LogP contribution in [0.3, 0.4) is 0 Å². The molecule has 0 bridgehead atoms. The van der Waals surface area contributed by atoms with Gasteiger partial charge in [0.1, 0.15) is 23.2 Å². The van der Waals surface area contributed by atoms with Gasteiger partial charge < -0.3 is 24.9 Å². The molecule has 7 nitrogen and oxygen atoms in total. The monoisotopic (exact) mass is 476 g/mol. The third-order valence-corrected chi connectivity index (χ3v) is 6.83. The van der Waals surface area contributed by atoms with Crippen molar-refractivity contribution in [2.75, 3.05) is 34.8 Å². The zero-order valence-corrected chi connectivity index (χ0v) is 20.7. The Kier molecular flexibility index (Phi) is 6.67. The fourth-order valence-electron chi connectivity index (χ4n) is 4.78. The molecule has 1 aromatic carbocycles. The van der Waals surface area contributed by atoms with Crippen LogP contribution in [0, 0.1) is 12.8 Å². The quantitative estimate of drug-likeness (QED) is 0.515. The Morgan fingerprint density at radius 1 is 1.09 bits per heavy atom. The van der Waals surface area contributed by atoms with Crippen LogP contribution in [0.5, 0.6) is 0 Å². The summed E-state index contributed by atoms with van der Waals surface area (Å²) in [6.07, 6.45) is 3.47. The number of piperidine rings is 1. The van der Waals surface area contributed by atoms with Gasteiger partial charge in [-0.2, -0.15) is 9.97 Å². The molecule has 1 saturated heterocycles. The van der Waals surface area contributed by atoms with Crippen molar-refractivity contribution >= 4 is 34.9 Å². The number of fused-ring (bicyclic) bond motifs is 1. The lowest BCUT2D eigenvalue weighted by Crippen LogP contribution is -2.36. The largest absolute Gasteiger partial charge is 0.465 e. The van der Waals surface area contributed by atoms with E-state index in [0.717, 1.165) is 55.8 Å². The van der Waals surface area contributed by atoms with Crippen molar-refractivity contribution in [3.05, 3.63) is 65.1 Å². The van der Waals surface area contributed by atoms with Crippen molar-refractivity contribution in [3.63, 3.8) is 0 Å². The lowest BCUT2D eigenvalue weighted by molar-refractivity contribution is 0.444. The highest BCUT2D eigenvalue weighted by atomic mass is 32.1. The summed E-state index contributed by atoms with van der Waals surface area (Å²) >= 11 is 5.54. The first-order valence-corrected chi connectivity index (χ1v) is 12.5. The Hall–Kier alpha value is -3.13. The summed E-state index contributed by atoms with van der Waals surface area (Å²) in [6, 6.07) is 14.7. The van der Waals surface area contributed by atoms with Crippen molar-refractivity contribution in [2.24, 2.45) is 5.92 Å². The van der Waals surface area contributed by atoms with Gasteiger partial charge in [-0.05, 0) is 67.6 Å². The summed E-state index contributed by atoms with van der Waals surface area (Å²) in [4.78, 5) is 14.4. The zero-order valence-electron chi connectivity index (χ0n) is 19.9. The van der Waals surface area contributed by atoms with Gasteiger partial charge in [-0.15, -0.1) is 0 Å². The normalized spacial score (nSPS) is 17.9. The maximum absolute atomic E-state index is 5.63. The van der Waals surface area contributed by atoms with E-state index in [0.29, 0.717) is 23.5 Å². The van der Waals surface area contributed by atoms with E-state index in [9.17, 15) is 0 Å². The molecule has 2 aliphatic heterocycles. The molecule has 2 N–H and O–H groups in total. The second-order valence-electron chi connectivity index (χ2n) is 9.36. The molecule has 3 aromatic rings. The van der Waals surface area contributed by atoms with Crippen molar-refractivity contribution in [1.29, 1.82) is 0 Å². The first-order valence-electron chi connectivity index (χ1n) is 12.1. The molecule has 0 saturated carbocycles. The minimum absolute atomic E-state index is 0.480. The third kappa shape index (κ3) is 5.33. The molecule has 1 fully saturated rings. The average Bonchev–Trinajstić information content (AvgIpc) is 3.27. The van der Waals surface area contributed by atoms with E-state index in [4.69, 9.17) is 26.6 Å². The minimum atomic E-state index is 0.480. The van der Waals surface area contributed by atoms with E-state index in [1.165, 1.54) is 24.0 Å². The smallest absolute Gasteiger partial charge is 0.232 e.